The summed E-state index contributed by atoms with van der Waals surface area (Å²) < 4.78 is 26.8. The summed E-state index contributed by atoms with van der Waals surface area (Å²) in [5, 5.41) is 0. The van der Waals surface area contributed by atoms with Gasteiger partial charge in [-0.25, -0.2) is 8.78 Å². The molecule has 1 aromatic rings. The van der Waals surface area contributed by atoms with Gasteiger partial charge in [0.1, 0.15) is 17.8 Å². The monoisotopic (exact) mass is 222 g/mol. The summed E-state index contributed by atoms with van der Waals surface area (Å²) in [6.45, 7) is 1.99. The Morgan fingerprint density at radius 2 is 2.06 bits per heavy atom. The maximum absolute atomic E-state index is 13.6. The Bertz CT molecular complexity index is 496. The normalized spacial score (nSPS) is 22.2. The van der Waals surface area contributed by atoms with E-state index in [1.807, 2.05) is 25.1 Å². The average molecular weight is 222 g/mol. The predicted molar refractivity (Wildman–Crippen MR) is 57.8 cm³/mol. The lowest BCUT2D eigenvalue weighted by Crippen LogP contribution is -2.34. The molecule has 16 heavy (non-hydrogen) atoms. The van der Waals surface area contributed by atoms with E-state index in [2.05, 4.69) is 4.90 Å². The second-order valence-electron chi connectivity index (χ2n) is 4.36. The summed E-state index contributed by atoms with van der Waals surface area (Å²) in [5.74, 6) is -0.957. The second-order valence-corrected chi connectivity index (χ2v) is 4.36. The van der Waals surface area contributed by atoms with Crippen molar-refractivity contribution in [2.75, 3.05) is 11.9 Å². The topological polar surface area (TPSA) is 6.48 Å². The third kappa shape index (κ3) is 1.10. The molecule has 4 heteroatoms. The van der Waals surface area contributed by atoms with Gasteiger partial charge < -0.3 is 9.80 Å². The molecule has 0 radical (unpaired) electrons. The van der Waals surface area contributed by atoms with Gasteiger partial charge in [-0.2, -0.15) is 0 Å². The molecule has 0 amide bonds. The van der Waals surface area contributed by atoms with Crippen molar-refractivity contribution in [3.63, 3.8) is 0 Å². The van der Waals surface area contributed by atoms with E-state index in [0.29, 0.717) is 17.7 Å². The van der Waals surface area contributed by atoms with Crippen molar-refractivity contribution in [1.29, 1.82) is 0 Å². The highest BCUT2D eigenvalue weighted by Gasteiger charge is 2.37. The first-order chi connectivity index (χ1) is 7.58. The van der Waals surface area contributed by atoms with E-state index in [9.17, 15) is 8.78 Å². The van der Waals surface area contributed by atoms with Crippen LogP contribution in [-0.4, -0.2) is 18.1 Å². The van der Waals surface area contributed by atoms with Crippen molar-refractivity contribution in [2.24, 2.45) is 0 Å². The van der Waals surface area contributed by atoms with Crippen molar-refractivity contribution in [3.8, 4) is 0 Å². The lowest BCUT2D eigenvalue weighted by molar-refractivity contribution is 0.342. The number of rotatable bonds is 0. The molecule has 1 atom stereocenters. The van der Waals surface area contributed by atoms with Gasteiger partial charge in [0.15, 0.2) is 0 Å². The van der Waals surface area contributed by atoms with Crippen LogP contribution in [0.25, 0.3) is 0 Å². The van der Waals surface area contributed by atoms with Crippen LogP contribution < -0.4 is 4.90 Å². The second kappa shape index (κ2) is 2.97. The van der Waals surface area contributed by atoms with Gasteiger partial charge in [-0.15, -0.1) is 0 Å². The number of hydrogen-bond acceptors (Lipinski definition) is 2. The molecule has 0 fully saturated rings. The molecule has 0 spiro atoms. The minimum atomic E-state index is -0.516. The Balaban J connectivity index is 2.14. The zero-order valence-electron chi connectivity index (χ0n) is 9.17. The molecule has 0 saturated heterocycles. The lowest BCUT2D eigenvalue weighted by Gasteiger charge is -2.24. The Hall–Kier alpha value is -1.58. The van der Waals surface area contributed by atoms with Crippen molar-refractivity contribution in [3.05, 3.63) is 41.2 Å². The first kappa shape index (κ1) is 9.63. The molecule has 2 heterocycles. The van der Waals surface area contributed by atoms with Gasteiger partial charge in [0, 0.05) is 37.0 Å². The Morgan fingerprint density at radius 3 is 2.81 bits per heavy atom. The number of likely N-dealkylation sites (N-methyl/N-ethyl adjacent to an activating group) is 1. The largest absolute Gasteiger partial charge is 0.356 e. The standard InChI is InChI=1S/C12H12F2N2/c1-7-6-16-11-4-8(13)3-10(14)9(11)5-12(16)15(7)2/h3-4,6,12H,5H2,1-2H3. The Kier molecular flexibility index (Phi) is 1.79. The van der Waals surface area contributed by atoms with Gasteiger partial charge in [0.05, 0.1) is 5.69 Å². The molecule has 0 bridgehead atoms. The maximum atomic E-state index is 13.6. The number of halogens is 2. The van der Waals surface area contributed by atoms with E-state index in [-0.39, 0.29) is 6.17 Å². The molecule has 1 aromatic carbocycles. The summed E-state index contributed by atoms with van der Waals surface area (Å²) in [4.78, 5) is 4.02. The quantitative estimate of drug-likeness (QED) is 0.665. The lowest BCUT2D eigenvalue weighted by atomic mass is 10.1. The van der Waals surface area contributed by atoms with E-state index in [1.54, 1.807) is 0 Å². The maximum Gasteiger partial charge on any atom is 0.131 e. The van der Waals surface area contributed by atoms with Crippen LogP contribution in [-0.2, 0) is 6.42 Å². The number of nitrogens with zero attached hydrogens (tertiary/aromatic N) is 2. The van der Waals surface area contributed by atoms with Crippen molar-refractivity contribution >= 4 is 5.69 Å². The summed E-state index contributed by atoms with van der Waals surface area (Å²) >= 11 is 0. The minimum Gasteiger partial charge on any atom is -0.356 e. The third-order valence-electron chi connectivity index (χ3n) is 3.45. The summed E-state index contributed by atoms with van der Waals surface area (Å²) in [6, 6.07) is 2.36. The van der Waals surface area contributed by atoms with E-state index in [0.717, 1.165) is 11.8 Å². The number of hydrogen-bond donors (Lipinski definition) is 0. The minimum absolute atomic E-state index is 0.103. The molecule has 0 N–H and O–H groups in total. The van der Waals surface area contributed by atoms with Crippen molar-refractivity contribution in [2.45, 2.75) is 19.5 Å². The molecule has 2 aliphatic rings. The number of allylic oxidation sites excluding steroid dienone is 1. The fraction of sp³-hybridized carbons (Fsp3) is 0.333. The van der Waals surface area contributed by atoms with Gasteiger partial charge >= 0.3 is 0 Å². The molecular weight excluding hydrogens is 210 g/mol. The van der Waals surface area contributed by atoms with Crippen molar-refractivity contribution in [1.82, 2.24) is 4.90 Å². The van der Waals surface area contributed by atoms with Crippen molar-refractivity contribution < 1.29 is 8.78 Å². The van der Waals surface area contributed by atoms with Crippen LogP contribution >= 0.6 is 0 Å². The fourth-order valence-electron chi connectivity index (χ4n) is 2.47. The summed E-state index contributed by atoms with van der Waals surface area (Å²) in [7, 11) is 1.97. The van der Waals surface area contributed by atoms with Gasteiger partial charge in [0.25, 0.3) is 0 Å². The first-order valence-electron chi connectivity index (χ1n) is 5.25. The van der Waals surface area contributed by atoms with Crippen LogP contribution in [0.2, 0.25) is 0 Å². The number of fused-ring (bicyclic) bond motifs is 3. The zero-order chi connectivity index (χ0) is 11.4. The molecule has 0 aromatic heterocycles. The highest BCUT2D eigenvalue weighted by atomic mass is 19.1. The Labute approximate surface area is 92.8 Å². The summed E-state index contributed by atoms with van der Waals surface area (Å²) in [5.41, 5.74) is 2.38. The zero-order valence-corrected chi connectivity index (χ0v) is 9.17. The van der Waals surface area contributed by atoms with E-state index in [4.69, 9.17) is 0 Å². The number of anilines is 1. The smallest absolute Gasteiger partial charge is 0.131 e. The molecule has 2 aliphatic heterocycles. The molecule has 2 nitrogen and oxygen atoms in total. The van der Waals surface area contributed by atoms with E-state index in [1.165, 1.54) is 6.07 Å². The molecule has 0 saturated carbocycles. The molecule has 1 unspecified atom stereocenters. The summed E-state index contributed by atoms with van der Waals surface area (Å²) in [6.07, 6.45) is 2.65. The van der Waals surface area contributed by atoms with Gasteiger partial charge in [-0.3, -0.25) is 0 Å². The third-order valence-corrected chi connectivity index (χ3v) is 3.45. The number of benzene rings is 1. The van der Waals surface area contributed by atoms with Crippen LogP contribution in [0.1, 0.15) is 12.5 Å². The van der Waals surface area contributed by atoms with Gasteiger partial charge in [-0.05, 0) is 13.0 Å². The average Bonchev–Trinajstić information content (AvgIpc) is 2.68. The Morgan fingerprint density at radius 1 is 1.31 bits per heavy atom. The van der Waals surface area contributed by atoms with Gasteiger partial charge in [-0.1, -0.05) is 0 Å². The van der Waals surface area contributed by atoms with Crippen LogP contribution in [0.15, 0.2) is 24.0 Å². The van der Waals surface area contributed by atoms with Crippen LogP contribution in [0.4, 0.5) is 14.5 Å². The molecule has 3 rings (SSSR count). The highest BCUT2D eigenvalue weighted by molar-refractivity contribution is 5.63. The molecule has 84 valence electrons. The van der Waals surface area contributed by atoms with E-state index < -0.39 is 11.6 Å². The molecular formula is C12H12F2N2. The predicted octanol–water partition coefficient (Wildman–Crippen LogP) is 2.46. The van der Waals surface area contributed by atoms with E-state index >= 15 is 0 Å². The fourth-order valence-corrected chi connectivity index (χ4v) is 2.47. The SMILES string of the molecule is CC1=CN2c3cc(F)cc(F)c3CC2N1C. The van der Waals surface area contributed by atoms with Gasteiger partial charge in [0.2, 0.25) is 0 Å². The molecule has 0 aliphatic carbocycles. The highest BCUT2D eigenvalue weighted by Crippen LogP contribution is 2.40. The van der Waals surface area contributed by atoms with Crippen LogP contribution in [0, 0.1) is 11.6 Å². The first-order valence-corrected chi connectivity index (χ1v) is 5.25. The van der Waals surface area contributed by atoms with Crippen LogP contribution in [0.3, 0.4) is 0 Å². The van der Waals surface area contributed by atoms with Crippen LogP contribution in [0.5, 0.6) is 0 Å².